The quantitative estimate of drug-likeness (QED) is 0.181. The zero-order chi connectivity index (χ0) is 36.7. The standard InChI is InChI=1S/C51H30N4S/c1-2-13-32-28-35(25-24-31(32)12-1)49-52-50(54-51(53-49)42-21-11-20-40-39-19-8-10-23-47(39)56-48(40)42)41-26-27-45(37-17-6-5-16-36(37)41)55-44-22-9-7-18-38(44)43-29-33-14-3-4-15-34(33)30-46(43)55/h1-30H. The molecule has 56 heavy (non-hydrogen) atoms. The third kappa shape index (κ3) is 4.75. The number of hydrogen-bond acceptors (Lipinski definition) is 4. The Balaban J connectivity index is 1.12. The predicted molar refractivity (Wildman–Crippen MR) is 236 cm³/mol. The molecule has 5 heteroatoms. The predicted octanol–water partition coefficient (Wildman–Crippen LogP) is 13.8. The van der Waals surface area contributed by atoms with E-state index in [4.69, 9.17) is 15.0 Å². The first-order valence-corrected chi connectivity index (χ1v) is 19.7. The average Bonchev–Trinajstić information content (AvgIpc) is 3.80. The van der Waals surface area contributed by atoms with Gasteiger partial charge in [-0.15, -0.1) is 11.3 Å². The largest absolute Gasteiger partial charge is 0.309 e. The van der Waals surface area contributed by atoms with Gasteiger partial charge in [0.25, 0.3) is 0 Å². The monoisotopic (exact) mass is 730 g/mol. The summed E-state index contributed by atoms with van der Waals surface area (Å²) in [6.45, 7) is 0. The highest BCUT2D eigenvalue weighted by molar-refractivity contribution is 7.26. The van der Waals surface area contributed by atoms with Gasteiger partial charge in [-0.05, 0) is 75.5 Å². The number of nitrogens with zero attached hydrogens (tertiary/aromatic N) is 4. The Morgan fingerprint density at radius 3 is 1.82 bits per heavy atom. The fourth-order valence-electron chi connectivity index (χ4n) is 8.59. The van der Waals surface area contributed by atoms with Gasteiger partial charge in [-0.3, -0.25) is 0 Å². The normalized spacial score (nSPS) is 11.9. The highest BCUT2D eigenvalue weighted by Crippen LogP contribution is 2.42. The molecule has 4 nitrogen and oxygen atoms in total. The van der Waals surface area contributed by atoms with Crippen molar-refractivity contribution >= 4 is 85.6 Å². The number of benzene rings is 9. The zero-order valence-electron chi connectivity index (χ0n) is 30.0. The van der Waals surface area contributed by atoms with Crippen LogP contribution in [0.5, 0.6) is 0 Å². The molecule has 3 aromatic heterocycles. The molecular weight excluding hydrogens is 701 g/mol. The summed E-state index contributed by atoms with van der Waals surface area (Å²) < 4.78 is 4.85. The van der Waals surface area contributed by atoms with E-state index in [2.05, 4.69) is 187 Å². The first kappa shape index (κ1) is 31.2. The van der Waals surface area contributed by atoms with E-state index < -0.39 is 0 Å². The molecule has 0 saturated carbocycles. The number of rotatable bonds is 4. The molecule has 0 aliphatic carbocycles. The molecule has 260 valence electrons. The number of fused-ring (bicyclic) bond motifs is 9. The summed E-state index contributed by atoms with van der Waals surface area (Å²) in [5, 5.41) is 11.9. The van der Waals surface area contributed by atoms with Crippen molar-refractivity contribution < 1.29 is 0 Å². The number of aromatic nitrogens is 4. The van der Waals surface area contributed by atoms with Gasteiger partial charge < -0.3 is 4.57 Å². The van der Waals surface area contributed by atoms with Crippen LogP contribution in [-0.4, -0.2) is 19.5 Å². The Kier molecular flexibility index (Phi) is 6.76. The lowest BCUT2D eigenvalue weighted by molar-refractivity contribution is 1.08. The van der Waals surface area contributed by atoms with Crippen LogP contribution < -0.4 is 0 Å². The molecule has 3 heterocycles. The minimum Gasteiger partial charge on any atom is -0.309 e. The third-order valence-electron chi connectivity index (χ3n) is 11.2. The van der Waals surface area contributed by atoms with E-state index in [1.165, 1.54) is 58.1 Å². The Labute approximate surface area is 325 Å². The van der Waals surface area contributed by atoms with Crippen molar-refractivity contribution in [1.29, 1.82) is 0 Å². The summed E-state index contributed by atoms with van der Waals surface area (Å²) in [6, 6.07) is 65.1. The zero-order valence-corrected chi connectivity index (χ0v) is 30.8. The number of thiophene rings is 1. The molecule has 0 radical (unpaired) electrons. The summed E-state index contributed by atoms with van der Waals surface area (Å²) in [4.78, 5) is 15.9. The van der Waals surface area contributed by atoms with Crippen molar-refractivity contribution in [2.24, 2.45) is 0 Å². The number of para-hydroxylation sites is 1. The summed E-state index contributed by atoms with van der Waals surface area (Å²) in [5.41, 5.74) is 6.39. The first-order valence-electron chi connectivity index (χ1n) is 18.9. The van der Waals surface area contributed by atoms with Crippen molar-refractivity contribution in [3.63, 3.8) is 0 Å². The van der Waals surface area contributed by atoms with Crippen LogP contribution in [0, 0.1) is 0 Å². The van der Waals surface area contributed by atoms with Crippen molar-refractivity contribution in [3.8, 4) is 39.9 Å². The van der Waals surface area contributed by atoms with Crippen molar-refractivity contribution in [1.82, 2.24) is 19.5 Å². The van der Waals surface area contributed by atoms with Gasteiger partial charge in [0.05, 0.1) is 16.7 Å². The van der Waals surface area contributed by atoms with Crippen molar-refractivity contribution in [2.45, 2.75) is 0 Å². The lowest BCUT2D eigenvalue weighted by atomic mass is 10.0. The van der Waals surface area contributed by atoms with Crippen LogP contribution in [0.15, 0.2) is 182 Å². The Morgan fingerprint density at radius 2 is 0.982 bits per heavy atom. The summed E-state index contributed by atoms with van der Waals surface area (Å²) in [5.74, 6) is 1.96. The van der Waals surface area contributed by atoms with Gasteiger partial charge in [0.2, 0.25) is 0 Å². The van der Waals surface area contributed by atoms with E-state index in [0.29, 0.717) is 17.5 Å². The van der Waals surface area contributed by atoms with Gasteiger partial charge in [0.15, 0.2) is 17.5 Å². The van der Waals surface area contributed by atoms with Crippen LogP contribution in [0.2, 0.25) is 0 Å². The van der Waals surface area contributed by atoms with Crippen LogP contribution in [0.25, 0.3) is 114 Å². The molecule has 0 aliphatic heterocycles. The summed E-state index contributed by atoms with van der Waals surface area (Å²) >= 11 is 1.79. The smallest absolute Gasteiger partial charge is 0.165 e. The van der Waals surface area contributed by atoms with Crippen LogP contribution in [0.4, 0.5) is 0 Å². The van der Waals surface area contributed by atoms with E-state index in [9.17, 15) is 0 Å². The Bertz CT molecular complexity index is 3560. The van der Waals surface area contributed by atoms with E-state index in [1.54, 1.807) is 11.3 Å². The molecule has 0 saturated heterocycles. The van der Waals surface area contributed by atoms with Gasteiger partial charge in [-0.2, -0.15) is 0 Å². The second-order valence-electron chi connectivity index (χ2n) is 14.4. The van der Waals surface area contributed by atoms with Crippen LogP contribution in [0.1, 0.15) is 0 Å². The molecule has 0 aliphatic rings. The molecular formula is C51H30N4S. The van der Waals surface area contributed by atoms with Crippen LogP contribution in [0.3, 0.4) is 0 Å². The van der Waals surface area contributed by atoms with Crippen molar-refractivity contribution in [3.05, 3.63) is 182 Å². The van der Waals surface area contributed by atoms with E-state index in [-0.39, 0.29) is 0 Å². The molecule has 0 spiro atoms. The fraction of sp³-hybridized carbons (Fsp3) is 0. The van der Waals surface area contributed by atoms with Gasteiger partial charge in [0.1, 0.15) is 0 Å². The molecule has 0 atom stereocenters. The minimum atomic E-state index is 0.646. The van der Waals surface area contributed by atoms with Gasteiger partial charge >= 0.3 is 0 Å². The molecule has 0 N–H and O–H groups in total. The van der Waals surface area contributed by atoms with Gasteiger partial charge in [-0.1, -0.05) is 133 Å². The third-order valence-corrected chi connectivity index (χ3v) is 12.4. The Morgan fingerprint density at radius 1 is 0.357 bits per heavy atom. The van der Waals surface area contributed by atoms with E-state index >= 15 is 0 Å². The molecule has 0 unspecified atom stereocenters. The summed E-state index contributed by atoms with van der Waals surface area (Å²) in [6.07, 6.45) is 0. The first-order chi connectivity index (χ1) is 27.7. The van der Waals surface area contributed by atoms with Crippen LogP contribution >= 0.6 is 11.3 Å². The molecule has 0 amide bonds. The van der Waals surface area contributed by atoms with Crippen LogP contribution in [-0.2, 0) is 0 Å². The Hall–Kier alpha value is -7.21. The second-order valence-corrected chi connectivity index (χ2v) is 15.4. The van der Waals surface area contributed by atoms with Gasteiger partial charge in [0, 0.05) is 53.0 Å². The van der Waals surface area contributed by atoms with E-state index in [1.807, 2.05) is 0 Å². The molecule has 0 fully saturated rings. The van der Waals surface area contributed by atoms with Crippen molar-refractivity contribution in [2.75, 3.05) is 0 Å². The minimum absolute atomic E-state index is 0.646. The maximum atomic E-state index is 5.34. The highest BCUT2D eigenvalue weighted by atomic mass is 32.1. The number of hydrogen-bond donors (Lipinski definition) is 0. The lowest BCUT2D eigenvalue weighted by Crippen LogP contribution is -2.02. The summed E-state index contributed by atoms with van der Waals surface area (Å²) in [7, 11) is 0. The molecule has 0 bridgehead atoms. The maximum absolute atomic E-state index is 5.34. The molecule has 12 rings (SSSR count). The average molecular weight is 731 g/mol. The fourth-order valence-corrected chi connectivity index (χ4v) is 9.80. The van der Waals surface area contributed by atoms with E-state index in [0.717, 1.165) is 38.5 Å². The molecule has 12 aromatic rings. The topological polar surface area (TPSA) is 43.6 Å². The molecule has 9 aromatic carbocycles. The lowest BCUT2D eigenvalue weighted by Gasteiger charge is -2.15. The maximum Gasteiger partial charge on any atom is 0.165 e. The SMILES string of the molecule is c1ccc2cc(-c3nc(-c4ccc(-n5c6ccccc6c6cc7ccccc7cc65)c5ccccc45)nc(-c4cccc5c4sc4ccccc45)n3)ccc2c1. The highest BCUT2D eigenvalue weighted by Gasteiger charge is 2.20. The second kappa shape index (κ2) is 12.2. The van der Waals surface area contributed by atoms with Gasteiger partial charge in [-0.25, -0.2) is 15.0 Å².